The van der Waals surface area contributed by atoms with Crippen molar-refractivity contribution in [3.63, 3.8) is 0 Å². The van der Waals surface area contributed by atoms with Crippen LogP contribution in [0.1, 0.15) is 31.4 Å². The number of benzene rings is 2. The molecule has 1 aliphatic rings. The predicted molar refractivity (Wildman–Crippen MR) is 110 cm³/mol. The van der Waals surface area contributed by atoms with Crippen molar-refractivity contribution in [1.82, 2.24) is 10.2 Å². The molecule has 146 valence electrons. The fourth-order valence-corrected chi connectivity index (χ4v) is 3.02. The highest BCUT2D eigenvalue weighted by atomic mass is 35.5. The lowest BCUT2D eigenvalue weighted by atomic mass is 10.1. The molecule has 0 unspecified atom stereocenters. The average molecular weight is 419 g/mol. The highest BCUT2D eigenvalue weighted by Gasteiger charge is 2.33. The first kappa shape index (κ1) is 20.2. The van der Waals surface area contributed by atoms with Crippen LogP contribution in [0.25, 0.3) is 6.08 Å². The molecule has 2 aromatic carbocycles. The minimum atomic E-state index is -0.464. The third-order valence-electron chi connectivity index (χ3n) is 4.39. The number of ether oxygens (including phenoxy) is 1. The lowest BCUT2D eigenvalue weighted by Gasteiger charge is -2.14. The molecule has 1 saturated heterocycles. The molecule has 0 aliphatic carbocycles. The molecule has 0 saturated carbocycles. The summed E-state index contributed by atoms with van der Waals surface area (Å²) in [6.45, 7) is 4.16. The van der Waals surface area contributed by atoms with Crippen LogP contribution in [-0.4, -0.2) is 22.9 Å². The highest BCUT2D eigenvalue weighted by Crippen LogP contribution is 2.28. The molecule has 5 nitrogen and oxygen atoms in total. The van der Waals surface area contributed by atoms with E-state index in [1.54, 1.807) is 48.5 Å². The van der Waals surface area contributed by atoms with Crippen molar-refractivity contribution < 1.29 is 14.3 Å². The van der Waals surface area contributed by atoms with Gasteiger partial charge in [0.05, 0.1) is 17.7 Å². The Morgan fingerprint density at radius 1 is 1.14 bits per heavy atom. The van der Waals surface area contributed by atoms with Crippen molar-refractivity contribution in [1.29, 1.82) is 0 Å². The van der Waals surface area contributed by atoms with Crippen LogP contribution in [0.5, 0.6) is 5.75 Å². The number of carbonyl (C=O) groups is 2. The normalized spacial score (nSPS) is 16.4. The third-order valence-corrected chi connectivity index (χ3v) is 4.93. The maximum Gasteiger partial charge on any atom is 0.329 e. The number of rotatable bonds is 6. The number of imide groups is 1. The molecular weight excluding hydrogens is 399 g/mol. The second-order valence-electron chi connectivity index (χ2n) is 6.53. The molecule has 0 radical (unpaired) electrons. The summed E-state index contributed by atoms with van der Waals surface area (Å²) in [5, 5.41) is 3.65. The molecule has 0 spiro atoms. The standard InChI is InChI=1S/C21H20Cl2N2O3/c1-3-13(2)28-19-9-6-15(10-17(19)23)11-18-20(26)25(21(27)24-18)12-14-4-7-16(22)8-5-14/h4-11,13H,3,12H2,1-2H3,(H,24,27)/b18-11-/t13-/m1/s1. The van der Waals surface area contributed by atoms with Gasteiger partial charge in [0.1, 0.15) is 11.4 Å². The van der Waals surface area contributed by atoms with Crippen molar-refractivity contribution in [2.45, 2.75) is 32.9 Å². The molecule has 7 heteroatoms. The minimum Gasteiger partial charge on any atom is -0.489 e. The van der Waals surface area contributed by atoms with E-state index < -0.39 is 11.9 Å². The molecule has 1 heterocycles. The first-order valence-corrected chi connectivity index (χ1v) is 9.68. The monoisotopic (exact) mass is 418 g/mol. The zero-order valence-corrected chi connectivity index (χ0v) is 17.1. The Labute approximate surface area is 173 Å². The zero-order valence-electron chi connectivity index (χ0n) is 15.5. The van der Waals surface area contributed by atoms with Gasteiger partial charge in [-0.25, -0.2) is 4.79 Å². The smallest absolute Gasteiger partial charge is 0.329 e. The number of halogens is 2. The Morgan fingerprint density at radius 3 is 2.50 bits per heavy atom. The molecule has 0 aromatic heterocycles. The number of amides is 3. The van der Waals surface area contributed by atoms with E-state index in [1.807, 2.05) is 13.8 Å². The largest absolute Gasteiger partial charge is 0.489 e. The molecule has 3 amide bonds. The van der Waals surface area contributed by atoms with Gasteiger partial charge in [-0.15, -0.1) is 0 Å². The van der Waals surface area contributed by atoms with E-state index in [2.05, 4.69) is 5.32 Å². The van der Waals surface area contributed by atoms with E-state index >= 15 is 0 Å². The van der Waals surface area contributed by atoms with Crippen LogP contribution < -0.4 is 10.1 Å². The number of nitrogens with one attached hydrogen (secondary N) is 1. The summed E-state index contributed by atoms with van der Waals surface area (Å²) in [7, 11) is 0. The summed E-state index contributed by atoms with van der Waals surface area (Å²) in [6.07, 6.45) is 2.52. The molecule has 28 heavy (non-hydrogen) atoms. The molecule has 1 N–H and O–H groups in total. The van der Waals surface area contributed by atoms with Crippen LogP contribution in [0.15, 0.2) is 48.2 Å². The van der Waals surface area contributed by atoms with Crippen LogP contribution in [0.2, 0.25) is 10.0 Å². The van der Waals surface area contributed by atoms with Gasteiger partial charge in [0.25, 0.3) is 5.91 Å². The summed E-state index contributed by atoms with van der Waals surface area (Å²) < 4.78 is 5.74. The topological polar surface area (TPSA) is 58.6 Å². The average Bonchev–Trinajstić information content (AvgIpc) is 2.93. The number of hydrogen-bond donors (Lipinski definition) is 1. The van der Waals surface area contributed by atoms with Crippen LogP contribution in [0, 0.1) is 0 Å². The summed E-state index contributed by atoms with van der Waals surface area (Å²) in [4.78, 5) is 26.0. The first-order valence-electron chi connectivity index (χ1n) is 8.92. The summed E-state index contributed by atoms with van der Waals surface area (Å²) >= 11 is 12.2. The minimum absolute atomic E-state index is 0.0545. The fraction of sp³-hybridized carbons (Fsp3) is 0.238. The first-order chi connectivity index (χ1) is 13.4. The lowest BCUT2D eigenvalue weighted by Crippen LogP contribution is -2.30. The van der Waals surface area contributed by atoms with Crippen LogP contribution in [-0.2, 0) is 11.3 Å². The molecule has 2 aromatic rings. The Bertz CT molecular complexity index is 926. The number of hydrogen-bond acceptors (Lipinski definition) is 3. The van der Waals surface area contributed by atoms with Gasteiger partial charge < -0.3 is 10.1 Å². The van der Waals surface area contributed by atoms with Crippen LogP contribution >= 0.6 is 23.2 Å². The van der Waals surface area contributed by atoms with Crippen LogP contribution in [0.4, 0.5) is 4.79 Å². The quantitative estimate of drug-likeness (QED) is 0.513. The maximum atomic E-state index is 12.6. The molecule has 1 aliphatic heterocycles. The highest BCUT2D eigenvalue weighted by molar-refractivity contribution is 6.32. The van der Waals surface area contributed by atoms with E-state index in [9.17, 15) is 9.59 Å². The van der Waals surface area contributed by atoms with E-state index in [1.165, 1.54) is 0 Å². The van der Waals surface area contributed by atoms with Crippen molar-refractivity contribution in [2.75, 3.05) is 0 Å². The zero-order chi connectivity index (χ0) is 20.3. The van der Waals surface area contributed by atoms with Gasteiger partial charge in [-0.05, 0) is 54.8 Å². The maximum absolute atomic E-state index is 12.6. The Morgan fingerprint density at radius 2 is 1.86 bits per heavy atom. The third kappa shape index (κ3) is 4.66. The van der Waals surface area contributed by atoms with Gasteiger partial charge in [0, 0.05) is 5.02 Å². The summed E-state index contributed by atoms with van der Waals surface area (Å²) in [5.74, 6) is 0.195. The van der Waals surface area contributed by atoms with Crippen molar-refractivity contribution in [3.8, 4) is 5.75 Å². The van der Waals surface area contributed by atoms with Gasteiger partial charge >= 0.3 is 6.03 Å². The van der Waals surface area contributed by atoms with E-state index in [0.717, 1.165) is 16.9 Å². The van der Waals surface area contributed by atoms with E-state index in [4.69, 9.17) is 27.9 Å². The van der Waals surface area contributed by atoms with Crippen LogP contribution in [0.3, 0.4) is 0 Å². The number of carbonyl (C=O) groups excluding carboxylic acids is 2. The molecular formula is C21H20Cl2N2O3. The Balaban J connectivity index is 1.76. The van der Waals surface area contributed by atoms with Gasteiger partial charge in [-0.1, -0.05) is 48.3 Å². The lowest BCUT2D eigenvalue weighted by molar-refractivity contribution is -0.123. The van der Waals surface area contributed by atoms with E-state index in [0.29, 0.717) is 21.4 Å². The van der Waals surface area contributed by atoms with Crippen molar-refractivity contribution >= 4 is 41.2 Å². The predicted octanol–water partition coefficient (Wildman–Crippen LogP) is 5.26. The van der Waals surface area contributed by atoms with Crippen molar-refractivity contribution in [3.05, 3.63) is 69.3 Å². The SMILES string of the molecule is CC[C@@H](C)Oc1ccc(/C=C2\NC(=O)N(Cc3ccc(Cl)cc3)C2=O)cc1Cl. The second-order valence-corrected chi connectivity index (χ2v) is 7.38. The Hall–Kier alpha value is -2.50. The Kier molecular flexibility index (Phi) is 6.27. The molecule has 3 rings (SSSR count). The van der Waals surface area contributed by atoms with Gasteiger partial charge in [-0.3, -0.25) is 9.69 Å². The fourth-order valence-electron chi connectivity index (χ4n) is 2.66. The summed E-state index contributed by atoms with van der Waals surface area (Å²) in [5.41, 5.74) is 1.70. The molecule has 0 bridgehead atoms. The summed E-state index contributed by atoms with van der Waals surface area (Å²) in [6, 6.07) is 11.8. The molecule has 1 atom stereocenters. The van der Waals surface area contributed by atoms with E-state index in [-0.39, 0.29) is 18.3 Å². The van der Waals surface area contributed by atoms with Gasteiger partial charge in [0.15, 0.2) is 0 Å². The molecule has 1 fully saturated rings. The van der Waals surface area contributed by atoms with Gasteiger partial charge in [0.2, 0.25) is 0 Å². The van der Waals surface area contributed by atoms with Crippen molar-refractivity contribution in [2.24, 2.45) is 0 Å². The van der Waals surface area contributed by atoms with Gasteiger partial charge in [-0.2, -0.15) is 0 Å². The second kappa shape index (κ2) is 8.67. The number of nitrogens with zero attached hydrogens (tertiary/aromatic N) is 1. The number of urea groups is 1.